The molecule has 7 nitrogen and oxygen atoms in total. The molecule has 0 unspecified atom stereocenters. The number of rotatable bonds is 6. The van der Waals surface area contributed by atoms with Gasteiger partial charge in [0.25, 0.3) is 11.6 Å². The SMILES string of the molecule is CCSc1cc(C(=O)NCc2cc([N+](=O)[O-])ccc2O)ccn1. The van der Waals surface area contributed by atoms with Crippen LogP contribution in [0.25, 0.3) is 0 Å². The predicted molar refractivity (Wildman–Crippen MR) is 86.6 cm³/mol. The number of phenols is 1. The molecule has 120 valence electrons. The Bertz CT molecular complexity index is 736. The molecule has 0 saturated heterocycles. The molecule has 0 aliphatic rings. The normalized spacial score (nSPS) is 10.3. The Morgan fingerprint density at radius 3 is 2.87 bits per heavy atom. The van der Waals surface area contributed by atoms with Crippen LogP contribution in [0.2, 0.25) is 0 Å². The number of thioether (sulfide) groups is 1. The number of pyridine rings is 1. The molecule has 0 aliphatic carbocycles. The van der Waals surface area contributed by atoms with Crippen LogP contribution in [-0.4, -0.2) is 26.7 Å². The van der Waals surface area contributed by atoms with Crippen LogP contribution in [0.3, 0.4) is 0 Å². The van der Waals surface area contributed by atoms with E-state index in [9.17, 15) is 20.0 Å². The number of carbonyl (C=O) groups excluding carboxylic acids is 1. The number of aromatic hydroxyl groups is 1. The average Bonchev–Trinajstić information content (AvgIpc) is 2.54. The lowest BCUT2D eigenvalue weighted by Gasteiger charge is -2.08. The van der Waals surface area contributed by atoms with Gasteiger partial charge in [-0.05, 0) is 24.0 Å². The molecule has 0 saturated carbocycles. The van der Waals surface area contributed by atoms with Crippen molar-refractivity contribution in [3.05, 3.63) is 57.8 Å². The highest BCUT2D eigenvalue weighted by Gasteiger charge is 2.12. The molecule has 2 aromatic rings. The van der Waals surface area contributed by atoms with Gasteiger partial charge in [0.1, 0.15) is 5.75 Å². The number of hydrogen-bond acceptors (Lipinski definition) is 6. The Morgan fingerprint density at radius 1 is 1.39 bits per heavy atom. The van der Waals surface area contributed by atoms with Crippen molar-refractivity contribution in [2.75, 3.05) is 5.75 Å². The number of nitrogens with one attached hydrogen (secondary N) is 1. The monoisotopic (exact) mass is 333 g/mol. The summed E-state index contributed by atoms with van der Waals surface area (Å²) < 4.78 is 0. The van der Waals surface area contributed by atoms with Gasteiger partial charge in [-0.15, -0.1) is 11.8 Å². The highest BCUT2D eigenvalue weighted by molar-refractivity contribution is 7.99. The Kier molecular flexibility index (Phi) is 5.53. The third kappa shape index (κ3) is 4.43. The van der Waals surface area contributed by atoms with E-state index >= 15 is 0 Å². The molecule has 0 atom stereocenters. The molecule has 2 N–H and O–H groups in total. The van der Waals surface area contributed by atoms with E-state index in [0.717, 1.165) is 10.8 Å². The molecular weight excluding hydrogens is 318 g/mol. The van der Waals surface area contributed by atoms with E-state index in [4.69, 9.17) is 0 Å². The summed E-state index contributed by atoms with van der Waals surface area (Å²) in [5, 5.41) is 23.9. The second-order valence-corrected chi connectivity index (χ2v) is 5.85. The number of nitro groups is 1. The number of aromatic nitrogens is 1. The number of benzene rings is 1. The van der Waals surface area contributed by atoms with E-state index in [1.807, 2.05) is 6.92 Å². The first-order valence-electron chi connectivity index (χ1n) is 6.84. The molecule has 0 aliphatic heterocycles. The van der Waals surface area contributed by atoms with Crippen molar-refractivity contribution in [2.24, 2.45) is 0 Å². The summed E-state index contributed by atoms with van der Waals surface area (Å²) in [4.78, 5) is 26.5. The summed E-state index contributed by atoms with van der Waals surface area (Å²) in [5.41, 5.74) is 0.586. The van der Waals surface area contributed by atoms with Crippen LogP contribution in [0, 0.1) is 10.1 Å². The van der Waals surface area contributed by atoms with Crippen LogP contribution in [0.4, 0.5) is 5.69 Å². The van der Waals surface area contributed by atoms with Gasteiger partial charge in [-0.2, -0.15) is 0 Å². The molecule has 1 amide bonds. The van der Waals surface area contributed by atoms with Crippen molar-refractivity contribution in [1.82, 2.24) is 10.3 Å². The fourth-order valence-corrected chi connectivity index (χ4v) is 2.52. The highest BCUT2D eigenvalue weighted by Crippen LogP contribution is 2.23. The lowest BCUT2D eigenvalue weighted by Crippen LogP contribution is -2.23. The molecule has 1 aromatic carbocycles. The summed E-state index contributed by atoms with van der Waals surface area (Å²) in [6.07, 6.45) is 1.55. The van der Waals surface area contributed by atoms with Gasteiger partial charge in [0.2, 0.25) is 0 Å². The van der Waals surface area contributed by atoms with Crippen LogP contribution >= 0.6 is 11.8 Å². The summed E-state index contributed by atoms with van der Waals surface area (Å²) in [6.45, 7) is 1.98. The van der Waals surface area contributed by atoms with Crippen LogP contribution in [-0.2, 0) is 6.54 Å². The zero-order valence-electron chi connectivity index (χ0n) is 12.4. The lowest BCUT2D eigenvalue weighted by molar-refractivity contribution is -0.384. The van der Waals surface area contributed by atoms with Gasteiger partial charge in [0.15, 0.2) is 0 Å². The van der Waals surface area contributed by atoms with Crippen molar-refractivity contribution >= 4 is 23.4 Å². The predicted octanol–water partition coefficient (Wildman–Crippen LogP) is 2.74. The molecule has 0 bridgehead atoms. The fourth-order valence-electron chi connectivity index (χ4n) is 1.88. The zero-order chi connectivity index (χ0) is 16.8. The zero-order valence-corrected chi connectivity index (χ0v) is 13.2. The maximum absolute atomic E-state index is 12.1. The number of non-ortho nitro benzene ring substituents is 1. The Balaban J connectivity index is 2.08. The van der Waals surface area contributed by atoms with E-state index < -0.39 is 4.92 Å². The summed E-state index contributed by atoms with van der Waals surface area (Å²) >= 11 is 1.52. The molecule has 0 spiro atoms. The van der Waals surface area contributed by atoms with Gasteiger partial charge in [-0.3, -0.25) is 14.9 Å². The Labute approximate surface area is 136 Å². The molecule has 1 heterocycles. The van der Waals surface area contributed by atoms with Crippen molar-refractivity contribution < 1.29 is 14.8 Å². The van der Waals surface area contributed by atoms with Crippen LogP contribution in [0.15, 0.2) is 41.6 Å². The topological polar surface area (TPSA) is 105 Å². The van der Waals surface area contributed by atoms with Gasteiger partial charge < -0.3 is 10.4 Å². The smallest absolute Gasteiger partial charge is 0.270 e. The molecule has 8 heteroatoms. The number of phenolic OH excluding ortho intramolecular Hbond substituents is 1. The van der Waals surface area contributed by atoms with Gasteiger partial charge in [-0.25, -0.2) is 4.98 Å². The van der Waals surface area contributed by atoms with Crippen LogP contribution in [0.5, 0.6) is 5.75 Å². The van der Waals surface area contributed by atoms with Crippen molar-refractivity contribution in [2.45, 2.75) is 18.5 Å². The number of carbonyl (C=O) groups is 1. The maximum Gasteiger partial charge on any atom is 0.270 e. The minimum atomic E-state index is -0.554. The molecule has 2 rings (SSSR count). The minimum Gasteiger partial charge on any atom is -0.508 e. The van der Waals surface area contributed by atoms with Crippen LogP contribution < -0.4 is 5.32 Å². The summed E-state index contributed by atoms with van der Waals surface area (Å²) in [7, 11) is 0. The van der Waals surface area contributed by atoms with Crippen LogP contribution in [0.1, 0.15) is 22.8 Å². The molecule has 23 heavy (non-hydrogen) atoms. The van der Waals surface area contributed by atoms with E-state index in [0.29, 0.717) is 5.56 Å². The molecular formula is C15H15N3O4S. The number of nitrogens with zero attached hydrogens (tertiary/aromatic N) is 2. The fraction of sp³-hybridized carbons (Fsp3) is 0.200. The van der Waals surface area contributed by atoms with Crippen molar-refractivity contribution in [1.29, 1.82) is 0 Å². The molecule has 1 aromatic heterocycles. The minimum absolute atomic E-state index is 0.00900. The third-order valence-corrected chi connectivity index (χ3v) is 3.81. The quantitative estimate of drug-likeness (QED) is 0.478. The standard InChI is InChI=1S/C15H15N3O4S/c1-2-23-14-8-10(5-6-16-14)15(20)17-9-11-7-12(18(21)22)3-4-13(11)19/h3-8,19H,2,9H2,1H3,(H,17,20). The largest absolute Gasteiger partial charge is 0.508 e. The molecule has 0 fully saturated rings. The van der Waals surface area contributed by atoms with E-state index in [1.165, 1.54) is 30.0 Å². The highest BCUT2D eigenvalue weighted by atomic mass is 32.2. The lowest BCUT2D eigenvalue weighted by atomic mass is 10.1. The first-order valence-corrected chi connectivity index (χ1v) is 7.83. The van der Waals surface area contributed by atoms with E-state index in [2.05, 4.69) is 10.3 Å². The number of amides is 1. The van der Waals surface area contributed by atoms with Crippen molar-refractivity contribution in [3.63, 3.8) is 0 Å². The van der Waals surface area contributed by atoms with E-state index in [-0.39, 0.29) is 29.5 Å². The second kappa shape index (κ2) is 7.59. The third-order valence-electron chi connectivity index (χ3n) is 3.00. The Hall–Kier alpha value is -2.61. The van der Waals surface area contributed by atoms with Gasteiger partial charge in [-0.1, -0.05) is 6.92 Å². The summed E-state index contributed by atoms with van der Waals surface area (Å²) in [5.74, 6) is 0.406. The van der Waals surface area contributed by atoms with Crippen molar-refractivity contribution in [3.8, 4) is 5.75 Å². The maximum atomic E-state index is 12.1. The second-order valence-electron chi connectivity index (χ2n) is 4.57. The van der Waals surface area contributed by atoms with Gasteiger partial charge in [0.05, 0.1) is 9.95 Å². The number of nitro benzene ring substituents is 1. The average molecular weight is 333 g/mol. The first kappa shape index (κ1) is 16.8. The first-order chi connectivity index (χ1) is 11.0. The summed E-state index contributed by atoms with van der Waals surface area (Å²) in [6, 6.07) is 6.94. The Morgan fingerprint density at radius 2 is 2.17 bits per heavy atom. The number of hydrogen-bond donors (Lipinski definition) is 2. The van der Waals surface area contributed by atoms with Gasteiger partial charge >= 0.3 is 0 Å². The van der Waals surface area contributed by atoms with E-state index in [1.54, 1.807) is 18.3 Å². The van der Waals surface area contributed by atoms with Gasteiger partial charge in [0, 0.05) is 36.0 Å². The molecule has 0 radical (unpaired) electrons.